The normalized spacial score (nSPS) is 20.2. The molecule has 22 heavy (non-hydrogen) atoms. The molecule has 3 atom stereocenters. The van der Waals surface area contributed by atoms with Gasteiger partial charge >= 0.3 is 6.09 Å². The summed E-state index contributed by atoms with van der Waals surface area (Å²) in [6, 6.07) is 0.0581. The monoisotopic (exact) mass is 312 g/mol. The van der Waals surface area contributed by atoms with Crippen molar-refractivity contribution in [2.45, 2.75) is 59.1 Å². The molecule has 3 N–H and O–H groups in total. The highest BCUT2D eigenvalue weighted by Crippen LogP contribution is 2.32. The average molecular weight is 312 g/mol. The third-order valence-electron chi connectivity index (χ3n) is 3.65. The zero-order valence-corrected chi connectivity index (χ0v) is 14.1. The average Bonchev–Trinajstić information content (AvgIpc) is 2.38. The minimum atomic E-state index is -0.586. The Bertz CT molecular complexity index is 440. The minimum Gasteiger partial charge on any atom is -0.512 e. The van der Waals surface area contributed by atoms with E-state index in [9.17, 15) is 14.7 Å². The summed E-state index contributed by atoms with van der Waals surface area (Å²) < 4.78 is 5.17. The number of rotatable bonds is 6. The number of aliphatic hydroxyl groups is 1. The summed E-state index contributed by atoms with van der Waals surface area (Å²) in [7, 11) is 0. The van der Waals surface area contributed by atoms with Crippen molar-refractivity contribution in [3.63, 3.8) is 0 Å². The summed E-state index contributed by atoms with van der Waals surface area (Å²) >= 11 is 0. The van der Waals surface area contributed by atoms with Crippen molar-refractivity contribution in [1.29, 1.82) is 0 Å². The van der Waals surface area contributed by atoms with Crippen LogP contribution in [0.2, 0.25) is 0 Å². The number of aliphatic hydroxyl groups excluding tert-OH is 1. The van der Waals surface area contributed by atoms with Crippen molar-refractivity contribution in [3.8, 4) is 0 Å². The summed E-state index contributed by atoms with van der Waals surface area (Å²) in [6.07, 6.45) is 2.59. The Morgan fingerprint density at radius 2 is 2.09 bits per heavy atom. The Hall–Kier alpha value is -1.72. The summed E-state index contributed by atoms with van der Waals surface area (Å²) in [5.74, 6) is -0.670. The van der Waals surface area contributed by atoms with Crippen LogP contribution in [-0.4, -0.2) is 35.3 Å². The lowest BCUT2D eigenvalue weighted by Crippen LogP contribution is -2.47. The van der Waals surface area contributed by atoms with Crippen LogP contribution in [0.4, 0.5) is 4.79 Å². The number of ether oxygens (including phenoxy) is 1. The lowest BCUT2D eigenvalue weighted by atomic mass is 9.80. The van der Waals surface area contributed by atoms with Crippen LogP contribution in [0.3, 0.4) is 0 Å². The Morgan fingerprint density at radius 1 is 1.45 bits per heavy atom. The van der Waals surface area contributed by atoms with Crippen LogP contribution in [0.5, 0.6) is 0 Å². The second-order valence-electron chi connectivity index (χ2n) is 6.78. The number of hydrogen-bond acceptors (Lipinski definition) is 4. The third-order valence-corrected chi connectivity index (χ3v) is 3.65. The van der Waals surface area contributed by atoms with E-state index < -0.39 is 17.6 Å². The Labute approximate surface area is 132 Å². The molecule has 1 aliphatic rings. The van der Waals surface area contributed by atoms with Gasteiger partial charge in [0.15, 0.2) is 0 Å². The van der Waals surface area contributed by atoms with E-state index in [1.165, 1.54) is 0 Å². The Morgan fingerprint density at radius 3 is 2.50 bits per heavy atom. The molecular weight excluding hydrogens is 284 g/mol. The molecule has 0 spiro atoms. The van der Waals surface area contributed by atoms with Gasteiger partial charge in [-0.15, -0.1) is 0 Å². The number of allylic oxidation sites excluding steroid dienone is 2. The molecule has 6 heteroatoms. The first-order chi connectivity index (χ1) is 10.1. The molecule has 6 nitrogen and oxygen atoms in total. The maximum Gasteiger partial charge on any atom is 0.407 e. The van der Waals surface area contributed by atoms with Crippen LogP contribution < -0.4 is 10.6 Å². The molecule has 0 aromatic heterocycles. The van der Waals surface area contributed by atoms with Gasteiger partial charge in [0.2, 0.25) is 5.91 Å². The van der Waals surface area contributed by atoms with Gasteiger partial charge in [-0.25, -0.2) is 4.79 Å². The standard InChI is InChI=1S/C16H28N2O4/c1-6-10(2)18-14(20)12(11-7-8-13(11)19)9-17-15(21)22-16(3,4)5/h8,10-12,19H,6-7,9H2,1-5H3,(H,17,21)(H,18,20)/t10-,11-,12+/m0/s1. The van der Waals surface area contributed by atoms with Gasteiger partial charge in [0.1, 0.15) is 5.60 Å². The quantitative estimate of drug-likeness (QED) is 0.703. The van der Waals surface area contributed by atoms with Crippen molar-refractivity contribution >= 4 is 12.0 Å². The molecule has 126 valence electrons. The van der Waals surface area contributed by atoms with Crippen LogP contribution in [0.15, 0.2) is 11.8 Å². The van der Waals surface area contributed by atoms with Crippen LogP contribution in [0.1, 0.15) is 47.5 Å². The molecule has 2 amide bonds. The third kappa shape index (κ3) is 5.58. The number of nitrogens with one attached hydrogen (secondary N) is 2. The summed E-state index contributed by atoms with van der Waals surface area (Å²) in [4.78, 5) is 24.1. The summed E-state index contributed by atoms with van der Waals surface area (Å²) in [5.41, 5.74) is -0.586. The topological polar surface area (TPSA) is 87.7 Å². The predicted octanol–water partition coefficient (Wildman–Crippen LogP) is 2.50. The van der Waals surface area contributed by atoms with Crippen molar-refractivity contribution in [2.24, 2.45) is 11.8 Å². The second kappa shape index (κ2) is 7.51. The maximum absolute atomic E-state index is 12.3. The van der Waals surface area contributed by atoms with E-state index in [0.717, 1.165) is 6.42 Å². The Kier molecular flexibility index (Phi) is 6.26. The van der Waals surface area contributed by atoms with Crippen molar-refractivity contribution in [3.05, 3.63) is 11.8 Å². The van der Waals surface area contributed by atoms with E-state index in [1.54, 1.807) is 26.8 Å². The summed E-state index contributed by atoms with van der Waals surface area (Å²) in [5, 5.41) is 15.2. The number of hydrogen-bond donors (Lipinski definition) is 3. The van der Waals surface area contributed by atoms with Crippen molar-refractivity contribution < 1.29 is 19.4 Å². The van der Waals surface area contributed by atoms with Gasteiger partial charge in [0.25, 0.3) is 0 Å². The van der Waals surface area contributed by atoms with Crippen LogP contribution in [0, 0.1) is 11.8 Å². The van der Waals surface area contributed by atoms with E-state index in [-0.39, 0.29) is 30.2 Å². The van der Waals surface area contributed by atoms with Crippen molar-refractivity contribution in [2.75, 3.05) is 6.54 Å². The fraction of sp³-hybridized carbons (Fsp3) is 0.750. The predicted molar refractivity (Wildman–Crippen MR) is 84.4 cm³/mol. The lowest BCUT2D eigenvalue weighted by Gasteiger charge is -2.31. The SMILES string of the molecule is CC[C@H](C)NC(=O)[C@H](CNC(=O)OC(C)(C)C)[C@@H]1CC=C1O. The van der Waals surface area contributed by atoms with E-state index in [1.807, 2.05) is 13.8 Å². The second-order valence-corrected chi connectivity index (χ2v) is 6.78. The van der Waals surface area contributed by atoms with Crippen LogP contribution in [-0.2, 0) is 9.53 Å². The molecule has 0 aromatic rings. The number of carbonyl (C=O) groups excluding carboxylic acids is 2. The molecule has 0 saturated carbocycles. The van der Waals surface area contributed by atoms with Gasteiger partial charge in [0.05, 0.1) is 11.7 Å². The smallest absolute Gasteiger partial charge is 0.407 e. The molecule has 0 aliphatic heterocycles. The molecule has 0 fully saturated rings. The first-order valence-electron chi connectivity index (χ1n) is 7.80. The Balaban J connectivity index is 2.62. The molecule has 0 saturated heterocycles. The van der Waals surface area contributed by atoms with Gasteiger partial charge in [-0.1, -0.05) is 6.92 Å². The van der Waals surface area contributed by atoms with Gasteiger partial charge in [-0.05, 0) is 46.6 Å². The minimum absolute atomic E-state index is 0.0581. The molecule has 0 aromatic carbocycles. The van der Waals surface area contributed by atoms with Gasteiger partial charge < -0.3 is 20.5 Å². The molecule has 1 rings (SSSR count). The highest BCUT2D eigenvalue weighted by molar-refractivity contribution is 5.81. The van der Waals surface area contributed by atoms with Gasteiger partial charge in [-0.2, -0.15) is 0 Å². The van der Waals surface area contributed by atoms with E-state index >= 15 is 0 Å². The highest BCUT2D eigenvalue weighted by atomic mass is 16.6. The number of carbonyl (C=O) groups is 2. The molecule has 0 unspecified atom stereocenters. The maximum atomic E-state index is 12.3. The molecule has 0 radical (unpaired) electrons. The first-order valence-corrected chi connectivity index (χ1v) is 7.80. The van der Waals surface area contributed by atoms with Gasteiger partial charge in [0, 0.05) is 18.5 Å². The molecule has 0 bridgehead atoms. The summed E-state index contributed by atoms with van der Waals surface area (Å²) in [6.45, 7) is 9.38. The van der Waals surface area contributed by atoms with Crippen LogP contribution in [0.25, 0.3) is 0 Å². The number of amides is 2. The van der Waals surface area contributed by atoms with E-state index in [4.69, 9.17) is 4.74 Å². The molecular formula is C16H28N2O4. The molecule has 1 aliphatic carbocycles. The zero-order chi connectivity index (χ0) is 16.9. The zero-order valence-electron chi connectivity index (χ0n) is 14.1. The van der Waals surface area contributed by atoms with Crippen molar-refractivity contribution in [1.82, 2.24) is 10.6 Å². The first kappa shape index (κ1) is 18.3. The van der Waals surface area contributed by atoms with E-state index in [0.29, 0.717) is 6.42 Å². The fourth-order valence-electron chi connectivity index (χ4n) is 2.11. The van der Waals surface area contributed by atoms with E-state index in [2.05, 4.69) is 10.6 Å². The fourth-order valence-corrected chi connectivity index (χ4v) is 2.11. The van der Waals surface area contributed by atoms with Crippen LogP contribution >= 0.6 is 0 Å². The highest BCUT2D eigenvalue weighted by Gasteiger charge is 2.35. The van der Waals surface area contributed by atoms with Gasteiger partial charge in [-0.3, -0.25) is 4.79 Å². The largest absolute Gasteiger partial charge is 0.512 e. The lowest BCUT2D eigenvalue weighted by molar-refractivity contribution is -0.127. The molecule has 0 heterocycles. The number of alkyl carbamates (subject to hydrolysis) is 1.